The predicted molar refractivity (Wildman–Crippen MR) is 120 cm³/mol. The molecular weight excluding hydrogens is 570 g/mol. The van der Waals surface area contributed by atoms with Gasteiger partial charge in [-0.15, -0.1) is 0 Å². The number of phosphoric ester groups is 1. The molecule has 5 heterocycles. The van der Waals surface area contributed by atoms with Crippen LogP contribution in [-0.2, 0) is 32.2 Å². The van der Waals surface area contributed by atoms with Crippen LogP contribution in [0.2, 0.25) is 0 Å². The second-order valence-corrected chi connectivity index (χ2v) is 13.9. The van der Waals surface area contributed by atoms with Gasteiger partial charge in [-0.2, -0.15) is 0 Å². The molecular formula is C18H22N6O11P2S-2. The summed E-state index contributed by atoms with van der Waals surface area (Å²) in [6, 6.07) is 0.953. The monoisotopic (exact) mass is 592 g/mol. The summed E-state index contributed by atoms with van der Waals surface area (Å²) >= 11 is 0.502. The van der Waals surface area contributed by atoms with Crippen molar-refractivity contribution in [2.24, 2.45) is 0 Å². The minimum atomic E-state index is -4.73. The van der Waals surface area contributed by atoms with Gasteiger partial charge >= 0.3 is 14.6 Å². The zero-order chi connectivity index (χ0) is 27.2. The number of ether oxygens (including phenoxy) is 2. The first kappa shape index (κ1) is 27.5. The maximum absolute atomic E-state index is 12.9. The van der Waals surface area contributed by atoms with E-state index in [1.54, 1.807) is 0 Å². The number of nitrogens with zero attached hydrogens (tertiary/aromatic N) is 4. The van der Waals surface area contributed by atoms with Gasteiger partial charge in [-0.05, 0) is 23.5 Å². The third kappa shape index (κ3) is 6.04. The van der Waals surface area contributed by atoms with Crippen molar-refractivity contribution in [1.82, 2.24) is 19.1 Å². The van der Waals surface area contributed by atoms with Gasteiger partial charge in [0, 0.05) is 31.0 Å². The first-order chi connectivity index (χ1) is 17.9. The molecule has 0 saturated carbocycles. The van der Waals surface area contributed by atoms with Crippen LogP contribution in [0.5, 0.6) is 12.0 Å². The molecule has 2 unspecified atom stereocenters. The molecule has 3 saturated heterocycles. The summed E-state index contributed by atoms with van der Waals surface area (Å²) in [5.74, 6) is -0.219. The fraction of sp³-hybridized carbons (Fsp3) is 0.556. The molecule has 2 aromatic rings. The van der Waals surface area contributed by atoms with E-state index in [0.717, 1.165) is 9.13 Å². The van der Waals surface area contributed by atoms with Gasteiger partial charge in [0.1, 0.15) is 41.7 Å². The average molecular weight is 592 g/mol. The molecule has 0 bridgehead atoms. The summed E-state index contributed by atoms with van der Waals surface area (Å²) in [6.07, 6.45) is -4.02. The molecule has 0 spiro atoms. The van der Waals surface area contributed by atoms with E-state index in [4.69, 9.17) is 33.9 Å². The summed E-state index contributed by atoms with van der Waals surface area (Å²) in [6.45, 7) is -4.95. The van der Waals surface area contributed by atoms with Gasteiger partial charge in [0.25, 0.3) is 0 Å². The normalized spacial score (nSPS) is 38.1. The largest absolute Gasteiger partial charge is 0.846 e. The lowest BCUT2D eigenvalue weighted by molar-refractivity contribution is -0.291. The Morgan fingerprint density at radius 3 is 1.97 bits per heavy atom. The zero-order valence-corrected chi connectivity index (χ0v) is 21.9. The molecule has 20 heteroatoms. The standard InChI is InChI=1S/C18H24N6O11P2S/c19-13-1-3-23(17(25)21-13)15-5-9-11(32-15)7-31-36(27,28)34-10-6-16(24-4-2-14(20)22-18(24)26)33-12(10)8-38-37(29,30)35-9/h1-4,9-12,15-16H,5-8H2,(H,27,28)(H,29,30)(H2,19,21,25)(H2,20,22,26)/p-2/t9-,10-,11+,12+,15+,16+/m0/s1. The van der Waals surface area contributed by atoms with E-state index in [0.29, 0.717) is 11.4 Å². The van der Waals surface area contributed by atoms with Crippen molar-refractivity contribution in [2.75, 3.05) is 12.4 Å². The molecule has 17 nitrogen and oxygen atoms in total. The van der Waals surface area contributed by atoms with Crippen molar-refractivity contribution in [3.8, 4) is 12.0 Å². The molecule has 3 aliphatic heterocycles. The van der Waals surface area contributed by atoms with Crippen LogP contribution in [-0.4, -0.2) is 65.7 Å². The Hall–Kier alpha value is -2.11. The molecule has 0 radical (unpaired) electrons. The third-order valence-corrected chi connectivity index (χ3v) is 10.0. The molecule has 0 aromatic carbocycles. The molecule has 2 aromatic heterocycles. The van der Waals surface area contributed by atoms with E-state index in [1.165, 1.54) is 24.5 Å². The van der Waals surface area contributed by atoms with E-state index < -0.39 is 70.1 Å². The highest BCUT2D eigenvalue weighted by Gasteiger charge is 2.47. The maximum atomic E-state index is 12.9. The van der Waals surface area contributed by atoms with Gasteiger partial charge in [0.2, 0.25) is 0 Å². The van der Waals surface area contributed by atoms with Crippen molar-refractivity contribution < 1.29 is 52.2 Å². The van der Waals surface area contributed by atoms with Crippen molar-refractivity contribution >= 4 is 26.0 Å². The number of aromatic nitrogens is 4. The first-order valence-corrected chi connectivity index (χ1v) is 15.8. The van der Waals surface area contributed by atoms with Crippen LogP contribution in [0.15, 0.2) is 24.5 Å². The Morgan fingerprint density at radius 1 is 0.895 bits per heavy atom. The summed E-state index contributed by atoms with van der Waals surface area (Å²) in [7, 11) is -4.73. The minimum Gasteiger partial charge on any atom is -0.846 e. The Morgan fingerprint density at radius 2 is 1.42 bits per heavy atom. The van der Waals surface area contributed by atoms with Crippen molar-refractivity contribution in [3.05, 3.63) is 35.5 Å². The van der Waals surface area contributed by atoms with Crippen LogP contribution < -0.4 is 21.2 Å². The smallest absolute Gasteiger partial charge is 0.472 e. The van der Waals surface area contributed by atoms with Crippen LogP contribution in [0.25, 0.3) is 0 Å². The molecule has 3 aliphatic rings. The zero-order valence-electron chi connectivity index (χ0n) is 19.3. The number of fused-ring (bicyclic) bond motifs is 2. The van der Waals surface area contributed by atoms with E-state index in [9.17, 15) is 29.1 Å². The van der Waals surface area contributed by atoms with Crippen LogP contribution in [0.1, 0.15) is 25.3 Å². The molecule has 5 rings (SSSR count). The summed E-state index contributed by atoms with van der Waals surface area (Å²) in [5, 5.41) is 39.3. The SMILES string of the molecule is N=c1ccn([C@H]2C[C@@H]3OP(=O)(O)OC[C@H]4O[C@@H](n5ccc(=N)nc5[O-])C[C@@H]4OP(=O)(O)SC[C@H]3O2)c([O-])n1. The number of hydrogen-bond acceptors (Lipinski definition) is 14. The van der Waals surface area contributed by atoms with Crippen molar-refractivity contribution in [1.29, 1.82) is 10.8 Å². The highest BCUT2D eigenvalue weighted by Crippen LogP contribution is 2.60. The number of rotatable bonds is 2. The molecule has 3 fully saturated rings. The highest BCUT2D eigenvalue weighted by atomic mass is 32.7. The van der Waals surface area contributed by atoms with Crippen molar-refractivity contribution in [3.63, 3.8) is 0 Å². The van der Waals surface area contributed by atoms with E-state index in [1.807, 2.05) is 0 Å². The van der Waals surface area contributed by atoms with E-state index in [2.05, 4.69) is 9.97 Å². The lowest BCUT2D eigenvalue weighted by Crippen LogP contribution is -2.31. The van der Waals surface area contributed by atoms with Crippen LogP contribution >= 0.6 is 26.0 Å². The highest BCUT2D eigenvalue weighted by molar-refractivity contribution is 8.54. The van der Waals surface area contributed by atoms with Gasteiger partial charge in [-0.25, -0.2) is 19.1 Å². The lowest BCUT2D eigenvalue weighted by atomic mass is 10.2. The molecule has 4 N–H and O–H groups in total. The Bertz CT molecular complexity index is 1320. The number of hydrogen-bond donors (Lipinski definition) is 4. The second-order valence-electron chi connectivity index (χ2n) is 8.55. The summed E-state index contributed by atoms with van der Waals surface area (Å²) in [4.78, 5) is 28.0. The molecule has 208 valence electrons. The van der Waals surface area contributed by atoms with Gasteiger partial charge in [0.05, 0.1) is 24.7 Å². The molecule has 0 amide bonds. The van der Waals surface area contributed by atoms with Gasteiger partial charge in [0.15, 0.2) is 0 Å². The first-order valence-electron chi connectivity index (χ1n) is 11.1. The van der Waals surface area contributed by atoms with Crippen LogP contribution in [0.4, 0.5) is 0 Å². The lowest BCUT2D eigenvalue weighted by Gasteiger charge is -2.26. The summed E-state index contributed by atoms with van der Waals surface area (Å²) in [5.41, 5.74) is -0.506. The predicted octanol–water partition coefficient (Wildman–Crippen LogP) is -0.804. The molecule has 8 atom stereocenters. The minimum absolute atomic E-state index is 0.0960. The summed E-state index contributed by atoms with van der Waals surface area (Å²) < 4.78 is 55.3. The van der Waals surface area contributed by atoms with Crippen LogP contribution in [0.3, 0.4) is 0 Å². The fourth-order valence-corrected chi connectivity index (χ4v) is 8.00. The number of phosphoric acid groups is 1. The maximum Gasteiger partial charge on any atom is 0.472 e. The Kier molecular flexibility index (Phi) is 7.56. The van der Waals surface area contributed by atoms with Crippen LogP contribution in [0, 0.1) is 10.8 Å². The van der Waals surface area contributed by atoms with Gasteiger partial charge < -0.3 is 38.6 Å². The Labute approximate surface area is 217 Å². The second kappa shape index (κ2) is 10.5. The third-order valence-electron chi connectivity index (χ3n) is 5.98. The van der Waals surface area contributed by atoms with Gasteiger partial charge in [-0.1, -0.05) is 0 Å². The quantitative estimate of drug-likeness (QED) is 0.312. The molecule has 0 aliphatic carbocycles. The Balaban J connectivity index is 1.36. The van der Waals surface area contributed by atoms with Gasteiger partial charge in [-0.3, -0.25) is 24.4 Å². The van der Waals surface area contributed by atoms with E-state index in [-0.39, 0.29) is 29.6 Å². The topological polar surface area (TPSA) is 250 Å². The van der Waals surface area contributed by atoms with E-state index >= 15 is 0 Å². The van der Waals surface area contributed by atoms with Crippen molar-refractivity contribution in [2.45, 2.75) is 49.7 Å². The number of nitrogens with one attached hydrogen (secondary N) is 2. The average Bonchev–Trinajstić information content (AvgIpc) is 3.39. The fourth-order valence-electron chi connectivity index (χ4n) is 4.27. The molecule has 38 heavy (non-hydrogen) atoms.